The lowest BCUT2D eigenvalue weighted by molar-refractivity contribution is -0.112. The van der Waals surface area contributed by atoms with Gasteiger partial charge in [0, 0.05) is 42.5 Å². The molecule has 0 spiro atoms. The second-order valence-electron chi connectivity index (χ2n) is 8.25. The van der Waals surface area contributed by atoms with E-state index in [1.165, 1.54) is 5.56 Å². The molecule has 5 rings (SSSR count). The van der Waals surface area contributed by atoms with E-state index in [1.54, 1.807) is 11.3 Å². The van der Waals surface area contributed by atoms with E-state index >= 15 is 0 Å². The number of nitrogens with one attached hydrogen (secondary N) is 1. The van der Waals surface area contributed by atoms with Crippen LogP contribution in [0.25, 0.3) is 15.9 Å². The van der Waals surface area contributed by atoms with Crippen molar-refractivity contribution in [2.24, 2.45) is 5.92 Å². The summed E-state index contributed by atoms with van der Waals surface area (Å²) in [5.74, 6) is 0.778. The molecule has 1 aliphatic carbocycles. The second-order valence-corrected chi connectivity index (χ2v) is 9.28. The van der Waals surface area contributed by atoms with E-state index in [-0.39, 0.29) is 25.2 Å². The number of pyridine rings is 1. The standard InChI is InChI=1S/C24H26N4O3S/c29-9-10-31-19-7-8-28-18(14-25-23(28)13-19)11-16-5-6-21-22(12-16)32-24(27-21)26-20-4-2-1-3-17(20)15-30/h5-8,12-15,17,20,29H,1-4,9-11H2,(H,26,27). The molecule has 7 nitrogen and oxygen atoms in total. The van der Waals surface area contributed by atoms with Crippen molar-refractivity contribution in [2.75, 3.05) is 18.5 Å². The Hall–Kier alpha value is -2.97. The molecule has 32 heavy (non-hydrogen) atoms. The lowest BCUT2D eigenvalue weighted by Crippen LogP contribution is -2.32. The number of hydrogen-bond donors (Lipinski definition) is 2. The maximum Gasteiger partial charge on any atom is 0.184 e. The van der Waals surface area contributed by atoms with Gasteiger partial charge in [-0.15, -0.1) is 0 Å². The molecule has 1 saturated carbocycles. The van der Waals surface area contributed by atoms with E-state index < -0.39 is 0 Å². The summed E-state index contributed by atoms with van der Waals surface area (Å²) in [6, 6.07) is 10.3. The van der Waals surface area contributed by atoms with Crippen molar-refractivity contribution in [1.29, 1.82) is 0 Å². The van der Waals surface area contributed by atoms with Crippen LogP contribution >= 0.6 is 11.3 Å². The summed E-state index contributed by atoms with van der Waals surface area (Å²) in [6.45, 7) is 0.256. The Morgan fingerprint density at radius 1 is 1.25 bits per heavy atom. The van der Waals surface area contributed by atoms with Crippen molar-refractivity contribution in [1.82, 2.24) is 14.4 Å². The molecule has 4 aromatic rings. The largest absolute Gasteiger partial charge is 0.491 e. The summed E-state index contributed by atoms with van der Waals surface area (Å²) in [5, 5.41) is 13.3. The van der Waals surface area contributed by atoms with Gasteiger partial charge in [-0.3, -0.25) is 0 Å². The summed E-state index contributed by atoms with van der Waals surface area (Å²) >= 11 is 1.65. The van der Waals surface area contributed by atoms with Gasteiger partial charge in [-0.1, -0.05) is 30.2 Å². The Balaban J connectivity index is 1.33. The zero-order chi connectivity index (χ0) is 21.9. The van der Waals surface area contributed by atoms with Gasteiger partial charge in [-0.05, 0) is 36.6 Å². The predicted molar refractivity (Wildman–Crippen MR) is 126 cm³/mol. The molecule has 8 heteroatoms. The van der Waals surface area contributed by atoms with Gasteiger partial charge in [0.1, 0.15) is 24.3 Å². The van der Waals surface area contributed by atoms with Gasteiger partial charge in [0.25, 0.3) is 0 Å². The fraction of sp³-hybridized carbons (Fsp3) is 0.375. The number of carbonyl (C=O) groups excluding carboxylic acids is 1. The fourth-order valence-electron chi connectivity index (χ4n) is 4.41. The summed E-state index contributed by atoms with van der Waals surface area (Å²) in [7, 11) is 0. The molecule has 3 aromatic heterocycles. The van der Waals surface area contributed by atoms with E-state index in [4.69, 9.17) is 14.8 Å². The first kappa shape index (κ1) is 20.9. The third-order valence-electron chi connectivity index (χ3n) is 6.06. The van der Waals surface area contributed by atoms with Crippen LogP contribution < -0.4 is 10.1 Å². The van der Waals surface area contributed by atoms with E-state index in [2.05, 4.69) is 32.9 Å². The highest BCUT2D eigenvalue weighted by Gasteiger charge is 2.25. The van der Waals surface area contributed by atoms with Crippen LogP contribution in [0.1, 0.15) is 36.9 Å². The van der Waals surface area contributed by atoms with E-state index in [0.717, 1.165) is 65.1 Å². The normalized spacial score (nSPS) is 18.8. The number of hydrogen-bond acceptors (Lipinski definition) is 7. The lowest BCUT2D eigenvalue weighted by Gasteiger charge is -2.28. The minimum absolute atomic E-state index is 0.0134. The SMILES string of the molecule is O=CC1CCCCC1Nc1nc2ccc(Cc3cnc4cc(OCCO)ccn34)cc2s1. The number of imidazole rings is 1. The highest BCUT2D eigenvalue weighted by molar-refractivity contribution is 7.22. The van der Waals surface area contributed by atoms with Gasteiger partial charge in [0.05, 0.1) is 16.8 Å². The number of thiazole rings is 1. The number of ether oxygens (including phenoxy) is 1. The van der Waals surface area contributed by atoms with Gasteiger partial charge >= 0.3 is 0 Å². The number of benzene rings is 1. The van der Waals surface area contributed by atoms with Crippen molar-refractivity contribution in [2.45, 2.75) is 38.1 Å². The molecule has 166 valence electrons. The van der Waals surface area contributed by atoms with Crippen LogP contribution in [-0.2, 0) is 11.2 Å². The Bertz CT molecular complexity index is 1230. The van der Waals surface area contributed by atoms with Crippen molar-refractivity contribution < 1.29 is 14.6 Å². The Morgan fingerprint density at radius 3 is 3.03 bits per heavy atom. The van der Waals surface area contributed by atoms with Gasteiger partial charge in [-0.25, -0.2) is 9.97 Å². The number of aldehydes is 1. The molecule has 1 aromatic carbocycles. The molecule has 0 saturated heterocycles. The maximum atomic E-state index is 11.4. The third kappa shape index (κ3) is 4.33. The average Bonchev–Trinajstić information content (AvgIpc) is 3.41. The van der Waals surface area contributed by atoms with Crippen molar-refractivity contribution in [3.05, 3.63) is 54.0 Å². The van der Waals surface area contributed by atoms with Crippen LogP contribution in [0.3, 0.4) is 0 Å². The van der Waals surface area contributed by atoms with Gasteiger partial charge in [-0.2, -0.15) is 0 Å². The zero-order valence-electron chi connectivity index (χ0n) is 17.7. The van der Waals surface area contributed by atoms with Crippen LogP contribution in [0.5, 0.6) is 5.75 Å². The van der Waals surface area contributed by atoms with Gasteiger partial charge in [0.2, 0.25) is 0 Å². The third-order valence-corrected chi connectivity index (χ3v) is 7.01. The number of nitrogens with zero attached hydrogens (tertiary/aromatic N) is 3. The highest BCUT2D eigenvalue weighted by Crippen LogP contribution is 2.31. The lowest BCUT2D eigenvalue weighted by atomic mass is 9.86. The first-order valence-corrected chi connectivity index (χ1v) is 11.9. The number of fused-ring (bicyclic) bond motifs is 2. The van der Waals surface area contributed by atoms with Crippen LogP contribution in [0, 0.1) is 5.92 Å². The smallest absolute Gasteiger partial charge is 0.184 e. The van der Waals surface area contributed by atoms with Crippen LogP contribution in [-0.4, -0.2) is 45.0 Å². The minimum Gasteiger partial charge on any atom is -0.491 e. The van der Waals surface area contributed by atoms with Crippen molar-refractivity contribution in [3.63, 3.8) is 0 Å². The number of carbonyl (C=O) groups is 1. The minimum atomic E-state index is -0.0134. The monoisotopic (exact) mass is 450 g/mol. The van der Waals surface area contributed by atoms with Gasteiger partial charge in [0.15, 0.2) is 5.13 Å². The van der Waals surface area contributed by atoms with Crippen LogP contribution in [0.2, 0.25) is 0 Å². The first-order valence-electron chi connectivity index (χ1n) is 11.0. The Kier molecular flexibility index (Phi) is 6.05. The molecular weight excluding hydrogens is 424 g/mol. The van der Waals surface area contributed by atoms with Crippen molar-refractivity contribution in [3.8, 4) is 5.75 Å². The summed E-state index contributed by atoms with van der Waals surface area (Å²) in [5.41, 5.74) is 4.08. The molecule has 2 unspecified atom stereocenters. The maximum absolute atomic E-state index is 11.4. The Morgan fingerprint density at radius 2 is 2.16 bits per heavy atom. The number of anilines is 1. The molecule has 1 aliphatic rings. The molecule has 1 fully saturated rings. The van der Waals surface area contributed by atoms with Crippen LogP contribution in [0.4, 0.5) is 5.13 Å². The summed E-state index contributed by atoms with van der Waals surface area (Å²) < 4.78 is 8.67. The highest BCUT2D eigenvalue weighted by atomic mass is 32.1. The van der Waals surface area contributed by atoms with E-state index in [1.807, 2.05) is 24.5 Å². The molecule has 0 aliphatic heterocycles. The molecular formula is C24H26N4O3S. The number of aliphatic hydroxyl groups excluding tert-OH is 1. The molecule has 3 heterocycles. The molecule has 0 radical (unpaired) electrons. The summed E-state index contributed by atoms with van der Waals surface area (Å²) in [4.78, 5) is 20.6. The second kappa shape index (κ2) is 9.26. The van der Waals surface area contributed by atoms with Crippen LogP contribution in [0.15, 0.2) is 42.7 Å². The molecule has 0 amide bonds. The van der Waals surface area contributed by atoms with Gasteiger partial charge < -0.3 is 24.4 Å². The fourth-order valence-corrected chi connectivity index (χ4v) is 5.40. The topological polar surface area (TPSA) is 88.8 Å². The van der Waals surface area contributed by atoms with E-state index in [9.17, 15) is 4.79 Å². The number of aliphatic hydroxyl groups is 1. The number of rotatable bonds is 8. The molecule has 0 bridgehead atoms. The zero-order valence-corrected chi connectivity index (χ0v) is 18.6. The Labute approximate surface area is 190 Å². The predicted octanol–water partition coefficient (Wildman–Crippen LogP) is 4.08. The van der Waals surface area contributed by atoms with Crippen molar-refractivity contribution >= 4 is 38.6 Å². The molecule has 2 N–H and O–H groups in total. The first-order chi connectivity index (χ1) is 15.7. The van der Waals surface area contributed by atoms with E-state index in [0.29, 0.717) is 5.75 Å². The summed E-state index contributed by atoms with van der Waals surface area (Å²) in [6.07, 6.45) is 9.96. The average molecular weight is 451 g/mol. The molecule has 2 atom stereocenters. The number of aromatic nitrogens is 3. The quantitative estimate of drug-likeness (QED) is 0.393.